The highest BCUT2D eigenvalue weighted by molar-refractivity contribution is 5.85. The van der Waals surface area contributed by atoms with Gasteiger partial charge in [0.2, 0.25) is 5.88 Å². The van der Waals surface area contributed by atoms with Crippen LogP contribution in [-0.4, -0.2) is 26.6 Å². The van der Waals surface area contributed by atoms with E-state index < -0.39 is 17.7 Å². The zero-order valence-corrected chi connectivity index (χ0v) is 17.1. The molecule has 1 aromatic carbocycles. The Balaban J connectivity index is 0.00000272. The van der Waals surface area contributed by atoms with Crippen molar-refractivity contribution in [3.63, 3.8) is 0 Å². The highest BCUT2D eigenvalue weighted by Gasteiger charge is 2.20. The Labute approximate surface area is 182 Å². The van der Waals surface area contributed by atoms with Crippen molar-refractivity contribution in [1.29, 1.82) is 0 Å². The normalized spacial score (nSPS) is 11.7. The van der Waals surface area contributed by atoms with Crippen LogP contribution < -0.4 is 16.0 Å². The third-order valence-electron chi connectivity index (χ3n) is 4.57. The molecule has 3 aromatic heterocycles. The topological polar surface area (TPSA) is 95.9 Å². The maximum absolute atomic E-state index is 13.6. The summed E-state index contributed by atoms with van der Waals surface area (Å²) in [6.07, 6.45) is 3.04. The van der Waals surface area contributed by atoms with E-state index in [1.807, 2.05) is 0 Å². The molecular weight excluding hydrogens is 428 g/mol. The zero-order valence-electron chi connectivity index (χ0n) is 16.3. The SMILES string of the molecule is COc1ccc(-n2c([C@@H](N)Cc3cc(F)cc(F)c3)nc3ncccc3c2=O)cn1.Cl. The summed E-state index contributed by atoms with van der Waals surface area (Å²) in [5.41, 5.74) is 6.96. The average molecular weight is 446 g/mol. The summed E-state index contributed by atoms with van der Waals surface area (Å²) in [6, 6.07) is 8.83. The molecule has 4 aromatic rings. The second-order valence-corrected chi connectivity index (χ2v) is 6.63. The van der Waals surface area contributed by atoms with Crippen LogP contribution >= 0.6 is 12.4 Å². The fraction of sp³-hybridized carbons (Fsp3) is 0.143. The lowest BCUT2D eigenvalue weighted by Crippen LogP contribution is -2.29. The van der Waals surface area contributed by atoms with Crippen LogP contribution in [0.1, 0.15) is 17.4 Å². The van der Waals surface area contributed by atoms with E-state index in [1.165, 1.54) is 36.2 Å². The molecule has 0 amide bonds. The van der Waals surface area contributed by atoms with E-state index in [0.29, 0.717) is 22.5 Å². The molecule has 0 spiro atoms. The molecule has 7 nitrogen and oxygen atoms in total. The summed E-state index contributed by atoms with van der Waals surface area (Å²) in [5, 5.41) is 0.307. The molecule has 0 aliphatic rings. The van der Waals surface area contributed by atoms with E-state index in [-0.39, 0.29) is 35.9 Å². The van der Waals surface area contributed by atoms with Gasteiger partial charge in [0.1, 0.15) is 17.5 Å². The van der Waals surface area contributed by atoms with Gasteiger partial charge in [-0.05, 0) is 42.3 Å². The average Bonchev–Trinajstić information content (AvgIpc) is 2.73. The number of ether oxygens (including phenoxy) is 1. The minimum Gasteiger partial charge on any atom is -0.481 e. The van der Waals surface area contributed by atoms with E-state index in [2.05, 4.69) is 15.0 Å². The Morgan fingerprint density at radius 2 is 1.87 bits per heavy atom. The van der Waals surface area contributed by atoms with Crippen LogP contribution in [0.15, 0.2) is 59.7 Å². The van der Waals surface area contributed by atoms with Gasteiger partial charge in [-0.15, -0.1) is 12.4 Å². The first-order valence-electron chi connectivity index (χ1n) is 9.05. The summed E-state index contributed by atoms with van der Waals surface area (Å²) in [7, 11) is 1.48. The van der Waals surface area contributed by atoms with Crippen LogP contribution in [-0.2, 0) is 6.42 Å². The Morgan fingerprint density at radius 3 is 2.52 bits per heavy atom. The standard InChI is InChI=1S/C21H17F2N5O2.ClH/c1-30-18-5-4-15(11-26-18)28-20(27-19-16(21(28)29)3-2-6-25-19)17(24)9-12-7-13(22)10-14(23)8-12;/h2-8,10-11,17H,9,24H2,1H3;1H/t17-;/m0./s1. The predicted octanol–water partition coefficient (Wildman–Crippen LogP) is 3.13. The lowest BCUT2D eigenvalue weighted by molar-refractivity contribution is 0.397. The Bertz CT molecular complexity index is 1260. The lowest BCUT2D eigenvalue weighted by Gasteiger charge is -2.18. The number of benzene rings is 1. The van der Waals surface area contributed by atoms with Gasteiger partial charge in [-0.1, -0.05) is 0 Å². The number of hydrogen-bond acceptors (Lipinski definition) is 6. The minimum atomic E-state index is -0.840. The summed E-state index contributed by atoms with van der Waals surface area (Å²) in [4.78, 5) is 26.0. The van der Waals surface area contributed by atoms with Crippen molar-refractivity contribution in [3.8, 4) is 11.6 Å². The molecule has 160 valence electrons. The molecule has 31 heavy (non-hydrogen) atoms. The number of methoxy groups -OCH3 is 1. The van der Waals surface area contributed by atoms with Crippen molar-refractivity contribution in [3.05, 3.63) is 88.2 Å². The molecule has 2 N–H and O–H groups in total. The molecule has 0 saturated heterocycles. The molecule has 0 aliphatic heterocycles. The maximum atomic E-state index is 13.6. The number of rotatable bonds is 5. The first-order chi connectivity index (χ1) is 14.5. The van der Waals surface area contributed by atoms with Gasteiger partial charge in [0.25, 0.3) is 5.56 Å². The highest BCUT2D eigenvalue weighted by Crippen LogP contribution is 2.21. The van der Waals surface area contributed by atoms with Gasteiger partial charge in [0.15, 0.2) is 5.65 Å². The summed E-state index contributed by atoms with van der Waals surface area (Å²) >= 11 is 0. The van der Waals surface area contributed by atoms with Crippen molar-refractivity contribution >= 4 is 23.4 Å². The van der Waals surface area contributed by atoms with Crippen LogP contribution in [0.3, 0.4) is 0 Å². The number of nitrogens with zero attached hydrogens (tertiary/aromatic N) is 4. The van der Waals surface area contributed by atoms with E-state index in [4.69, 9.17) is 10.5 Å². The summed E-state index contributed by atoms with van der Waals surface area (Å²) in [6.45, 7) is 0. The molecule has 0 saturated carbocycles. The largest absolute Gasteiger partial charge is 0.481 e. The van der Waals surface area contributed by atoms with Crippen LogP contribution in [0.2, 0.25) is 0 Å². The number of hydrogen-bond donors (Lipinski definition) is 1. The van der Waals surface area contributed by atoms with Crippen molar-refractivity contribution in [1.82, 2.24) is 19.5 Å². The number of halogens is 3. The monoisotopic (exact) mass is 445 g/mol. The van der Waals surface area contributed by atoms with Gasteiger partial charge in [-0.2, -0.15) is 0 Å². The lowest BCUT2D eigenvalue weighted by atomic mass is 10.0. The molecule has 3 heterocycles. The van der Waals surface area contributed by atoms with E-state index in [9.17, 15) is 13.6 Å². The summed E-state index contributed by atoms with van der Waals surface area (Å²) in [5.74, 6) is -0.838. The van der Waals surface area contributed by atoms with Crippen LogP contribution in [0.4, 0.5) is 8.78 Å². The molecule has 0 unspecified atom stereocenters. The van der Waals surface area contributed by atoms with Crippen LogP contribution in [0.5, 0.6) is 5.88 Å². The van der Waals surface area contributed by atoms with Crippen molar-refractivity contribution in [2.24, 2.45) is 5.73 Å². The van der Waals surface area contributed by atoms with Gasteiger partial charge in [0, 0.05) is 18.3 Å². The van der Waals surface area contributed by atoms with E-state index in [1.54, 1.807) is 24.3 Å². The van der Waals surface area contributed by atoms with Crippen molar-refractivity contribution < 1.29 is 13.5 Å². The second kappa shape index (κ2) is 9.15. The highest BCUT2D eigenvalue weighted by atomic mass is 35.5. The molecule has 0 radical (unpaired) electrons. The molecule has 0 bridgehead atoms. The number of nitrogens with two attached hydrogens (primary N) is 1. The Kier molecular flexibility index (Phi) is 6.57. The van der Waals surface area contributed by atoms with E-state index in [0.717, 1.165) is 6.07 Å². The smallest absolute Gasteiger partial charge is 0.267 e. The predicted molar refractivity (Wildman–Crippen MR) is 114 cm³/mol. The maximum Gasteiger partial charge on any atom is 0.267 e. The van der Waals surface area contributed by atoms with Gasteiger partial charge in [0.05, 0.1) is 30.4 Å². The van der Waals surface area contributed by atoms with Crippen molar-refractivity contribution in [2.45, 2.75) is 12.5 Å². The zero-order chi connectivity index (χ0) is 21.3. The van der Waals surface area contributed by atoms with E-state index >= 15 is 0 Å². The summed E-state index contributed by atoms with van der Waals surface area (Å²) < 4.78 is 33.6. The van der Waals surface area contributed by atoms with Gasteiger partial charge < -0.3 is 10.5 Å². The van der Waals surface area contributed by atoms with Crippen LogP contribution in [0, 0.1) is 11.6 Å². The Hall–Kier alpha value is -3.43. The van der Waals surface area contributed by atoms with Gasteiger partial charge in [-0.25, -0.2) is 23.7 Å². The third-order valence-corrected chi connectivity index (χ3v) is 4.57. The van der Waals surface area contributed by atoms with Crippen LogP contribution in [0.25, 0.3) is 16.7 Å². The first-order valence-corrected chi connectivity index (χ1v) is 9.05. The Morgan fingerprint density at radius 1 is 1.13 bits per heavy atom. The third kappa shape index (κ3) is 4.52. The number of pyridine rings is 2. The quantitative estimate of drug-likeness (QED) is 0.507. The fourth-order valence-electron chi connectivity index (χ4n) is 3.23. The molecule has 4 rings (SSSR count). The van der Waals surface area contributed by atoms with Gasteiger partial charge in [-0.3, -0.25) is 9.36 Å². The first kappa shape index (κ1) is 22.3. The number of fused-ring (bicyclic) bond motifs is 1. The minimum absolute atomic E-state index is 0. The van der Waals surface area contributed by atoms with Gasteiger partial charge >= 0.3 is 0 Å². The number of aromatic nitrogens is 4. The molecule has 1 atom stereocenters. The molecular formula is C21H18ClF2N5O2. The molecule has 0 aliphatic carbocycles. The fourth-order valence-corrected chi connectivity index (χ4v) is 3.23. The molecule has 0 fully saturated rings. The molecule has 10 heteroatoms. The van der Waals surface area contributed by atoms with Crippen molar-refractivity contribution in [2.75, 3.05) is 7.11 Å². The second-order valence-electron chi connectivity index (χ2n) is 6.63.